The van der Waals surface area contributed by atoms with E-state index in [1.165, 1.54) is 11.8 Å². The van der Waals surface area contributed by atoms with Gasteiger partial charge in [-0.15, -0.1) is 0 Å². The normalized spacial score (nSPS) is 10.5. The van der Waals surface area contributed by atoms with E-state index in [-0.39, 0.29) is 0 Å². The molecule has 2 nitrogen and oxygen atoms in total. The lowest BCUT2D eigenvalue weighted by Gasteiger charge is -2.05. The molecule has 0 aliphatic heterocycles. The molecule has 0 saturated heterocycles. The van der Waals surface area contributed by atoms with Crippen molar-refractivity contribution in [3.05, 3.63) is 47.7 Å². The maximum atomic E-state index is 5.63. The van der Waals surface area contributed by atoms with Crippen LogP contribution in [0.4, 0.5) is 0 Å². The zero-order valence-corrected chi connectivity index (χ0v) is 7.75. The van der Waals surface area contributed by atoms with Crippen LogP contribution >= 0.6 is 0 Å². The van der Waals surface area contributed by atoms with Gasteiger partial charge in [0.15, 0.2) is 0 Å². The van der Waals surface area contributed by atoms with Crippen molar-refractivity contribution in [2.75, 3.05) is 0 Å². The van der Waals surface area contributed by atoms with Crippen molar-refractivity contribution in [3.8, 4) is 0 Å². The van der Waals surface area contributed by atoms with Gasteiger partial charge >= 0.3 is 0 Å². The lowest BCUT2D eigenvalue weighted by Crippen LogP contribution is -1.97. The highest BCUT2D eigenvalue weighted by molar-refractivity contribution is 5.71. The van der Waals surface area contributed by atoms with Crippen molar-refractivity contribution >= 4 is 11.8 Å². The van der Waals surface area contributed by atoms with E-state index in [4.69, 9.17) is 11.5 Å². The Morgan fingerprint density at radius 3 is 2.69 bits per heavy atom. The van der Waals surface area contributed by atoms with Gasteiger partial charge in [0.2, 0.25) is 0 Å². The van der Waals surface area contributed by atoms with E-state index in [0.717, 1.165) is 11.1 Å². The largest absolute Gasteiger partial charge is 0.405 e. The van der Waals surface area contributed by atoms with Gasteiger partial charge in [-0.05, 0) is 24.8 Å². The van der Waals surface area contributed by atoms with E-state index in [1.807, 2.05) is 31.2 Å². The molecule has 0 radical (unpaired) electrons. The van der Waals surface area contributed by atoms with E-state index in [1.54, 1.807) is 0 Å². The maximum Gasteiger partial charge on any atom is 0.0320 e. The van der Waals surface area contributed by atoms with Crippen LogP contribution in [0.25, 0.3) is 11.8 Å². The molecular weight excluding hydrogens is 160 g/mol. The predicted octanol–water partition coefficient (Wildman–Crippen LogP) is 1.85. The number of hydrogen-bond donors (Lipinski definition) is 2. The Morgan fingerprint density at radius 1 is 1.46 bits per heavy atom. The third-order valence-electron chi connectivity index (χ3n) is 1.83. The SMILES string of the molecule is C=C(N)c1ccc(C)cc1/C=C\N. The summed E-state index contributed by atoms with van der Waals surface area (Å²) >= 11 is 0. The van der Waals surface area contributed by atoms with Gasteiger partial charge in [0.05, 0.1) is 0 Å². The van der Waals surface area contributed by atoms with Gasteiger partial charge in [-0.3, -0.25) is 0 Å². The van der Waals surface area contributed by atoms with E-state index in [0.29, 0.717) is 5.70 Å². The number of hydrogen-bond acceptors (Lipinski definition) is 2. The first-order valence-electron chi connectivity index (χ1n) is 4.09. The highest BCUT2D eigenvalue weighted by atomic mass is 14.6. The quantitative estimate of drug-likeness (QED) is 0.719. The van der Waals surface area contributed by atoms with Crippen LogP contribution in [0.1, 0.15) is 16.7 Å². The summed E-state index contributed by atoms with van der Waals surface area (Å²) in [5.74, 6) is 0. The molecule has 2 heteroatoms. The van der Waals surface area contributed by atoms with Crippen molar-refractivity contribution < 1.29 is 0 Å². The molecule has 68 valence electrons. The fourth-order valence-electron chi connectivity index (χ4n) is 1.22. The average molecular weight is 174 g/mol. The van der Waals surface area contributed by atoms with E-state index >= 15 is 0 Å². The molecular formula is C11H14N2. The summed E-state index contributed by atoms with van der Waals surface area (Å²) in [5.41, 5.74) is 14.6. The maximum absolute atomic E-state index is 5.63. The molecule has 0 bridgehead atoms. The van der Waals surface area contributed by atoms with Gasteiger partial charge in [0.25, 0.3) is 0 Å². The minimum Gasteiger partial charge on any atom is -0.405 e. The second-order valence-electron chi connectivity index (χ2n) is 2.98. The van der Waals surface area contributed by atoms with E-state index in [2.05, 4.69) is 6.58 Å². The fraction of sp³-hybridized carbons (Fsp3) is 0.0909. The standard InChI is InChI=1S/C11H14N2/c1-8-3-4-11(9(2)13)10(7-8)5-6-12/h3-7H,2,12-13H2,1H3/b6-5-. The zero-order valence-electron chi connectivity index (χ0n) is 7.75. The van der Waals surface area contributed by atoms with Crippen molar-refractivity contribution in [2.24, 2.45) is 11.5 Å². The Bertz CT molecular complexity index is 351. The molecule has 0 atom stereocenters. The number of benzene rings is 1. The van der Waals surface area contributed by atoms with Gasteiger partial charge in [0, 0.05) is 11.3 Å². The Kier molecular flexibility index (Phi) is 2.75. The third kappa shape index (κ3) is 2.12. The molecule has 0 amide bonds. The first-order valence-corrected chi connectivity index (χ1v) is 4.09. The van der Waals surface area contributed by atoms with E-state index < -0.39 is 0 Å². The summed E-state index contributed by atoms with van der Waals surface area (Å²) in [6, 6.07) is 5.98. The first-order chi connectivity index (χ1) is 6.15. The molecule has 0 heterocycles. The van der Waals surface area contributed by atoms with Gasteiger partial charge in [0.1, 0.15) is 0 Å². The number of nitrogens with two attached hydrogens (primary N) is 2. The van der Waals surface area contributed by atoms with Crippen LogP contribution in [0.5, 0.6) is 0 Å². The summed E-state index contributed by atoms with van der Waals surface area (Å²) in [6.45, 7) is 5.73. The second kappa shape index (κ2) is 3.81. The van der Waals surface area contributed by atoms with Gasteiger partial charge in [-0.1, -0.05) is 30.3 Å². The Balaban J connectivity index is 3.26. The predicted molar refractivity (Wildman–Crippen MR) is 57.6 cm³/mol. The summed E-state index contributed by atoms with van der Waals surface area (Å²) in [7, 11) is 0. The van der Waals surface area contributed by atoms with E-state index in [9.17, 15) is 0 Å². The van der Waals surface area contributed by atoms with Crippen LogP contribution in [0.2, 0.25) is 0 Å². The number of aryl methyl sites for hydroxylation is 1. The van der Waals surface area contributed by atoms with Crippen molar-refractivity contribution in [1.82, 2.24) is 0 Å². The van der Waals surface area contributed by atoms with Crippen LogP contribution in [-0.4, -0.2) is 0 Å². The lowest BCUT2D eigenvalue weighted by molar-refractivity contribution is 1.41. The molecule has 0 aromatic heterocycles. The Labute approximate surface area is 78.6 Å². The molecule has 4 N–H and O–H groups in total. The first kappa shape index (κ1) is 9.39. The highest BCUT2D eigenvalue weighted by Crippen LogP contribution is 2.17. The third-order valence-corrected chi connectivity index (χ3v) is 1.83. The lowest BCUT2D eigenvalue weighted by atomic mass is 10.0. The second-order valence-corrected chi connectivity index (χ2v) is 2.98. The van der Waals surface area contributed by atoms with Crippen LogP contribution in [-0.2, 0) is 0 Å². The molecule has 13 heavy (non-hydrogen) atoms. The molecule has 1 aromatic rings. The summed E-state index contributed by atoms with van der Waals surface area (Å²) in [6.07, 6.45) is 3.32. The number of rotatable bonds is 2. The zero-order chi connectivity index (χ0) is 9.84. The average Bonchev–Trinajstić information content (AvgIpc) is 2.04. The monoisotopic (exact) mass is 174 g/mol. The molecule has 0 aliphatic carbocycles. The Hall–Kier alpha value is -1.70. The smallest absolute Gasteiger partial charge is 0.0320 e. The Morgan fingerprint density at radius 2 is 2.15 bits per heavy atom. The minimum atomic E-state index is 0.563. The molecule has 1 aromatic carbocycles. The van der Waals surface area contributed by atoms with Crippen LogP contribution in [0, 0.1) is 6.92 Å². The summed E-state index contributed by atoms with van der Waals surface area (Å²) in [5, 5.41) is 0. The molecule has 1 rings (SSSR count). The minimum absolute atomic E-state index is 0.563. The van der Waals surface area contributed by atoms with Crippen LogP contribution < -0.4 is 11.5 Å². The molecule has 0 fully saturated rings. The van der Waals surface area contributed by atoms with Crippen LogP contribution in [0.15, 0.2) is 31.0 Å². The fourth-order valence-corrected chi connectivity index (χ4v) is 1.22. The van der Waals surface area contributed by atoms with Gasteiger partial charge in [-0.25, -0.2) is 0 Å². The van der Waals surface area contributed by atoms with Gasteiger partial charge in [-0.2, -0.15) is 0 Å². The molecule has 0 saturated carbocycles. The van der Waals surface area contributed by atoms with Crippen molar-refractivity contribution in [3.63, 3.8) is 0 Å². The highest BCUT2D eigenvalue weighted by Gasteiger charge is 2.00. The topological polar surface area (TPSA) is 52.0 Å². The van der Waals surface area contributed by atoms with Crippen molar-refractivity contribution in [2.45, 2.75) is 6.92 Å². The summed E-state index contributed by atoms with van der Waals surface area (Å²) in [4.78, 5) is 0. The molecule has 0 spiro atoms. The van der Waals surface area contributed by atoms with Crippen molar-refractivity contribution in [1.29, 1.82) is 0 Å². The summed E-state index contributed by atoms with van der Waals surface area (Å²) < 4.78 is 0. The van der Waals surface area contributed by atoms with Gasteiger partial charge < -0.3 is 11.5 Å². The van der Waals surface area contributed by atoms with Crippen LogP contribution in [0.3, 0.4) is 0 Å². The molecule has 0 unspecified atom stereocenters. The molecule has 0 aliphatic rings.